The van der Waals surface area contributed by atoms with Crippen molar-refractivity contribution in [1.82, 2.24) is 9.80 Å². The molecule has 5 heteroatoms. The molecule has 2 aromatic carbocycles. The third kappa shape index (κ3) is 12.3. The zero-order chi connectivity index (χ0) is 28.5. The molecule has 0 atom stereocenters. The summed E-state index contributed by atoms with van der Waals surface area (Å²) in [7, 11) is 8.36. The van der Waals surface area contributed by atoms with Gasteiger partial charge in [0.25, 0.3) is 0 Å². The molecule has 0 amide bonds. The van der Waals surface area contributed by atoms with Gasteiger partial charge < -0.3 is 0 Å². The second-order valence-electron chi connectivity index (χ2n) is 11.6. The predicted molar refractivity (Wildman–Crippen MR) is 174 cm³/mol. The van der Waals surface area contributed by atoms with Gasteiger partial charge in [0, 0.05) is 0 Å². The summed E-state index contributed by atoms with van der Waals surface area (Å²) in [5, 5.41) is 0. The number of unbranched alkanes of at least 4 members (excludes halogenated alkanes) is 3. The van der Waals surface area contributed by atoms with Crippen LogP contribution in [0.15, 0.2) is 48.5 Å². The summed E-state index contributed by atoms with van der Waals surface area (Å²) >= 11 is -2.78. The monoisotopic (exact) mass is 644 g/mol. The first-order chi connectivity index (χ1) is 18.8. The van der Waals surface area contributed by atoms with Gasteiger partial charge in [-0.25, -0.2) is 0 Å². The van der Waals surface area contributed by atoms with Crippen LogP contribution in [0.4, 0.5) is 0 Å². The quantitative estimate of drug-likeness (QED) is 0.107. The molecule has 0 saturated heterocycles. The first-order valence-corrected chi connectivity index (χ1v) is 22.8. The summed E-state index contributed by atoms with van der Waals surface area (Å²) in [5.41, 5.74) is 2.65. The van der Waals surface area contributed by atoms with E-state index in [1.165, 1.54) is 63.0 Å². The third-order valence-corrected chi connectivity index (χ3v) is 23.2. The molecule has 0 aliphatic rings. The molecule has 0 unspecified atom stereocenters. The van der Waals surface area contributed by atoms with Crippen LogP contribution < -0.4 is 9.47 Å². The van der Waals surface area contributed by atoms with Crippen molar-refractivity contribution >= 4 is 28.0 Å². The van der Waals surface area contributed by atoms with Gasteiger partial charge in [-0.1, -0.05) is 0 Å². The Bertz CT molecular complexity index is 951. The van der Waals surface area contributed by atoms with Crippen LogP contribution in [0.2, 0.25) is 13.3 Å². The van der Waals surface area contributed by atoms with E-state index in [-0.39, 0.29) is 0 Å². The van der Waals surface area contributed by atoms with Gasteiger partial charge in [-0.2, -0.15) is 0 Å². The molecule has 0 fully saturated rings. The SMILES string of the molecule is CCC[CH2][Sn]([CH2]CCC)([CH2]CCC)/[C](=C/c1cccc(OCCN(C)C)c1)c1cccc(OCCN(C)C)c1. The number of rotatable bonds is 20. The normalized spacial score (nSPS) is 12.4. The minimum atomic E-state index is -2.78. The molecule has 2 rings (SSSR count). The molecule has 0 heterocycles. The Kier molecular flexibility index (Phi) is 16.2. The van der Waals surface area contributed by atoms with Gasteiger partial charge in [-0.15, -0.1) is 0 Å². The van der Waals surface area contributed by atoms with Gasteiger partial charge in [0.15, 0.2) is 0 Å². The van der Waals surface area contributed by atoms with E-state index < -0.39 is 18.4 Å². The zero-order valence-electron chi connectivity index (χ0n) is 26.1. The number of nitrogens with zero attached hydrogens (tertiary/aromatic N) is 2. The van der Waals surface area contributed by atoms with Crippen LogP contribution in [0.5, 0.6) is 11.5 Å². The molecule has 4 nitrogen and oxygen atoms in total. The van der Waals surface area contributed by atoms with Crippen molar-refractivity contribution in [2.75, 3.05) is 54.5 Å². The molecule has 0 aliphatic carbocycles. The Hall–Kier alpha value is -1.50. The van der Waals surface area contributed by atoms with E-state index in [2.05, 4.69) is 113 Å². The second kappa shape index (κ2) is 18.8. The van der Waals surface area contributed by atoms with Crippen molar-refractivity contribution in [3.8, 4) is 11.5 Å². The fourth-order valence-corrected chi connectivity index (χ4v) is 22.0. The number of ether oxygens (including phenoxy) is 2. The van der Waals surface area contributed by atoms with Gasteiger partial charge in [-0.05, 0) is 0 Å². The van der Waals surface area contributed by atoms with E-state index in [4.69, 9.17) is 9.47 Å². The van der Waals surface area contributed by atoms with E-state index in [0.29, 0.717) is 13.2 Å². The van der Waals surface area contributed by atoms with Crippen LogP contribution in [0.1, 0.15) is 70.4 Å². The summed E-state index contributed by atoms with van der Waals surface area (Å²) in [6.45, 7) is 10.3. The topological polar surface area (TPSA) is 24.9 Å². The Morgan fingerprint density at radius 2 is 1.18 bits per heavy atom. The van der Waals surface area contributed by atoms with Crippen LogP contribution in [0, 0.1) is 0 Å². The molecule has 0 saturated carbocycles. The van der Waals surface area contributed by atoms with Crippen molar-refractivity contribution in [1.29, 1.82) is 0 Å². The second-order valence-corrected chi connectivity index (χ2v) is 24.7. The first-order valence-electron chi connectivity index (χ1n) is 15.3. The van der Waals surface area contributed by atoms with Gasteiger partial charge in [0.2, 0.25) is 0 Å². The Morgan fingerprint density at radius 1 is 0.692 bits per heavy atom. The van der Waals surface area contributed by atoms with E-state index in [9.17, 15) is 0 Å². The van der Waals surface area contributed by atoms with Crippen molar-refractivity contribution in [2.24, 2.45) is 0 Å². The fraction of sp³-hybridized carbons (Fsp3) is 0.588. The van der Waals surface area contributed by atoms with E-state index in [0.717, 1.165) is 24.6 Å². The van der Waals surface area contributed by atoms with Crippen LogP contribution in [-0.2, 0) is 0 Å². The van der Waals surface area contributed by atoms with Gasteiger partial charge in [0.05, 0.1) is 0 Å². The van der Waals surface area contributed by atoms with Crippen LogP contribution in [0.3, 0.4) is 0 Å². The van der Waals surface area contributed by atoms with Crippen molar-refractivity contribution in [3.05, 3.63) is 59.7 Å². The third-order valence-electron chi connectivity index (χ3n) is 7.53. The standard InChI is InChI=1S/C22H29N2O2.3C4H9.Sn/c1-23(2)13-15-25-21-9-5-7-19(17-21)11-12-20-8-6-10-22(18-20)26-16-14-24(3)4;3*1-3-4-2;/h5-11,17-18H,13-16H2,1-4H3;3*1,3-4H2,2H3;. The van der Waals surface area contributed by atoms with Gasteiger partial charge in [0.1, 0.15) is 0 Å². The minimum absolute atomic E-state index is 0.700. The molecular formula is C34H56N2O2Sn. The van der Waals surface area contributed by atoms with E-state index >= 15 is 0 Å². The Balaban J connectivity index is 2.59. The first kappa shape index (κ1) is 33.7. The van der Waals surface area contributed by atoms with Gasteiger partial charge >= 0.3 is 246 Å². The summed E-state index contributed by atoms with van der Waals surface area (Å²) < 4.78 is 18.3. The molecule has 0 spiro atoms. The molecule has 0 aromatic heterocycles. The number of hydrogen-bond donors (Lipinski definition) is 0. The Labute approximate surface area is 244 Å². The van der Waals surface area contributed by atoms with Crippen LogP contribution in [0.25, 0.3) is 9.67 Å². The molecule has 0 bridgehead atoms. The number of likely N-dealkylation sites (N-methyl/N-ethyl adjacent to an activating group) is 2. The average Bonchev–Trinajstić information content (AvgIpc) is 2.92. The molecule has 0 aliphatic heterocycles. The maximum atomic E-state index is 6.23. The van der Waals surface area contributed by atoms with Crippen molar-refractivity contribution in [2.45, 2.75) is 72.6 Å². The van der Waals surface area contributed by atoms with E-state index in [1.807, 2.05) is 0 Å². The molecule has 39 heavy (non-hydrogen) atoms. The summed E-state index contributed by atoms with van der Waals surface area (Å²) in [4.78, 5) is 4.33. The zero-order valence-corrected chi connectivity index (χ0v) is 29.0. The Morgan fingerprint density at radius 3 is 1.67 bits per heavy atom. The van der Waals surface area contributed by atoms with Gasteiger partial charge in [-0.3, -0.25) is 0 Å². The van der Waals surface area contributed by atoms with Crippen molar-refractivity contribution in [3.63, 3.8) is 0 Å². The number of benzene rings is 2. The fourth-order valence-electron chi connectivity index (χ4n) is 5.17. The average molecular weight is 644 g/mol. The van der Waals surface area contributed by atoms with Crippen molar-refractivity contribution < 1.29 is 9.47 Å². The molecule has 0 radical (unpaired) electrons. The molecule has 218 valence electrons. The summed E-state index contributed by atoms with van der Waals surface area (Å²) in [6.07, 6.45) is 10.4. The molecule has 0 N–H and O–H groups in total. The number of hydrogen-bond acceptors (Lipinski definition) is 4. The molecular weight excluding hydrogens is 587 g/mol. The summed E-state index contributed by atoms with van der Waals surface area (Å²) in [6, 6.07) is 17.7. The maximum absolute atomic E-state index is 6.23. The molecule has 2 aromatic rings. The summed E-state index contributed by atoms with van der Waals surface area (Å²) in [5.74, 6) is 1.95. The van der Waals surface area contributed by atoms with Crippen LogP contribution in [-0.4, -0.2) is 82.7 Å². The van der Waals surface area contributed by atoms with Crippen LogP contribution >= 0.6 is 0 Å². The van der Waals surface area contributed by atoms with E-state index in [1.54, 1.807) is 3.59 Å². The predicted octanol–water partition coefficient (Wildman–Crippen LogP) is 8.50.